The summed E-state index contributed by atoms with van der Waals surface area (Å²) in [6, 6.07) is 3.23. The first kappa shape index (κ1) is 19.2. The standard InChI is InChI=1S/C17H18ClF2NO4/c1-3-25-17(24)12-6-9(2)21(8-14(12)22)16(23)10-4-5-13(18)11(7-10)15(19)20/h4-5,7,9,15,22H,3,6,8H2,1-2H3/t9-/m1/s1. The number of ether oxygens (including phenoxy) is 1. The highest BCUT2D eigenvalue weighted by atomic mass is 35.5. The fraction of sp³-hybridized carbons (Fsp3) is 0.412. The fourth-order valence-electron chi connectivity index (χ4n) is 2.64. The van der Waals surface area contributed by atoms with Gasteiger partial charge in [0.2, 0.25) is 0 Å². The predicted octanol–water partition coefficient (Wildman–Crippen LogP) is 3.89. The van der Waals surface area contributed by atoms with E-state index in [9.17, 15) is 23.5 Å². The topological polar surface area (TPSA) is 66.8 Å². The van der Waals surface area contributed by atoms with Crippen LogP contribution in [-0.4, -0.2) is 41.1 Å². The van der Waals surface area contributed by atoms with Crippen LogP contribution in [0, 0.1) is 0 Å². The highest BCUT2D eigenvalue weighted by Crippen LogP contribution is 2.30. The molecule has 2 rings (SSSR count). The third kappa shape index (κ3) is 4.10. The van der Waals surface area contributed by atoms with Crippen LogP contribution in [0.25, 0.3) is 0 Å². The molecule has 1 amide bonds. The molecule has 0 fully saturated rings. The van der Waals surface area contributed by atoms with Gasteiger partial charge in [0.15, 0.2) is 0 Å². The van der Waals surface area contributed by atoms with Crippen LogP contribution in [0.2, 0.25) is 5.02 Å². The maximum absolute atomic E-state index is 13.0. The lowest BCUT2D eigenvalue weighted by Gasteiger charge is -2.34. The molecule has 0 spiro atoms. The van der Waals surface area contributed by atoms with Crippen LogP contribution in [0.3, 0.4) is 0 Å². The van der Waals surface area contributed by atoms with Crippen LogP contribution >= 0.6 is 11.6 Å². The van der Waals surface area contributed by atoms with E-state index in [0.29, 0.717) is 0 Å². The van der Waals surface area contributed by atoms with Crippen molar-refractivity contribution in [3.05, 3.63) is 45.7 Å². The number of halogens is 3. The van der Waals surface area contributed by atoms with E-state index in [1.807, 2.05) is 0 Å². The molecule has 0 unspecified atom stereocenters. The van der Waals surface area contributed by atoms with Gasteiger partial charge < -0.3 is 14.7 Å². The zero-order chi connectivity index (χ0) is 18.7. The van der Waals surface area contributed by atoms with E-state index in [1.165, 1.54) is 17.0 Å². The number of alkyl halides is 2. The molecule has 0 bridgehead atoms. The molecule has 0 aromatic heterocycles. The van der Waals surface area contributed by atoms with Gasteiger partial charge in [0, 0.05) is 28.6 Å². The van der Waals surface area contributed by atoms with E-state index >= 15 is 0 Å². The Hall–Kier alpha value is -2.15. The number of esters is 1. The largest absolute Gasteiger partial charge is 0.510 e. The summed E-state index contributed by atoms with van der Waals surface area (Å²) in [6.07, 6.45) is -2.69. The maximum atomic E-state index is 13.0. The van der Waals surface area contributed by atoms with E-state index in [1.54, 1.807) is 13.8 Å². The zero-order valence-electron chi connectivity index (χ0n) is 13.8. The minimum Gasteiger partial charge on any atom is -0.510 e. The van der Waals surface area contributed by atoms with Crippen LogP contribution in [-0.2, 0) is 9.53 Å². The molecular formula is C17H18ClF2NO4. The van der Waals surface area contributed by atoms with Gasteiger partial charge >= 0.3 is 5.97 Å². The van der Waals surface area contributed by atoms with Gasteiger partial charge in [-0.2, -0.15) is 0 Å². The number of nitrogens with zero attached hydrogens (tertiary/aromatic N) is 1. The van der Waals surface area contributed by atoms with E-state index in [2.05, 4.69) is 0 Å². The van der Waals surface area contributed by atoms with E-state index in [-0.39, 0.29) is 41.5 Å². The molecule has 1 heterocycles. The van der Waals surface area contributed by atoms with E-state index in [4.69, 9.17) is 16.3 Å². The number of amides is 1. The molecule has 0 radical (unpaired) electrons. The highest BCUT2D eigenvalue weighted by molar-refractivity contribution is 6.31. The molecule has 1 aromatic rings. The quantitative estimate of drug-likeness (QED) is 0.813. The Morgan fingerprint density at radius 2 is 2.12 bits per heavy atom. The number of benzene rings is 1. The summed E-state index contributed by atoms with van der Waals surface area (Å²) >= 11 is 5.71. The summed E-state index contributed by atoms with van der Waals surface area (Å²) in [5.74, 6) is -1.40. The second-order valence-electron chi connectivity index (χ2n) is 5.67. The lowest BCUT2D eigenvalue weighted by molar-refractivity contribution is -0.139. The molecule has 1 aromatic carbocycles. The molecule has 5 nitrogen and oxygen atoms in total. The average Bonchev–Trinajstić information content (AvgIpc) is 2.56. The Morgan fingerprint density at radius 3 is 2.72 bits per heavy atom. The smallest absolute Gasteiger partial charge is 0.337 e. The zero-order valence-corrected chi connectivity index (χ0v) is 14.5. The molecule has 1 N–H and O–H groups in total. The predicted molar refractivity (Wildman–Crippen MR) is 87.8 cm³/mol. The molecule has 1 aliphatic rings. The molecule has 1 aliphatic heterocycles. The average molecular weight is 374 g/mol. The van der Waals surface area contributed by atoms with Gasteiger partial charge in [-0.15, -0.1) is 0 Å². The van der Waals surface area contributed by atoms with Crippen LogP contribution in [0.4, 0.5) is 8.78 Å². The summed E-state index contributed by atoms with van der Waals surface area (Å²) in [4.78, 5) is 25.8. The molecule has 8 heteroatoms. The summed E-state index contributed by atoms with van der Waals surface area (Å²) in [6.45, 7) is 3.33. The molecule has 0 aliphatic carbocycles. The van der Waals surface area contributed by atoms with Crippen molar-refractivity contribution in [2.24, 2.45) is 0 Å². The summed E-state index contributed by atoms with van der Waals surface area (Å²) in [7, 11) is 0. The van der Waals surface area contributed by atoms with E-state index < -0.39 is 29.9 Å². The van der Waals surface area contributed by atoms with Crippen molar-refractivity contribution in [2.45, 2.75) is 32.7 Å². The normalized spacial score (nSPS) is 17.8. The minimum atomic E-state index is -2.80. The number of hydrogen-bond donors (Lipinski definition) is 1. The third-order valence-corrected chi connectivity index (χ3v) is 4.30. The van der Waals surface area contributed by atoms with Crippen molar-refractivity contribution >= 4 is 23.5 Å². The minimum absolute atomic E-state index is 0.0407. The van der Waals surface area contributed by atoms with Crippen LogP contribution < -0.4 is 0 Å². The maximum Gasteiger partial charge on any atom is 0.337 e. The Morgan fingerprint density at radius 1 is 1.44 bits per heavy atom. The molecule has 0 saturated carbocycles. The summed E-state index contributed by atoms with van der Waals surface area (Å²) in [5, 5.41) is 9.96. The Labute approximate surface area is 148 Å². The van der Waals surface area contributed by atoms with Crippen molar-refractivity contribution in [3.8, 4) is 0 Å². The molecule has 1 atom stereocenters. The number of carbonyl (C=O) groups is 2. The third-order valence-electron chi connectivity index (χ3n) is 3.96. The second kappa shape index (κ2) is 7.82. The molecule has 25 heavy (non-hydrogen) atoms. The number of aliphatic hydroxyl groups excluding tert-OH is 1. The van der Waals surface area contributed by atoms with Gasteiger partial charge in [-0.3, -0.25) is 4.79 Å². The number of carbonyl (C=O) groups excluding carboxylic acids is 2. The van der Waals surface area contributed by atoms with Gasteiger partial charge in [0.25, 0.3) is 12.3 Å². The Balaban J connectivity index is 2.26. The van der Waals surface area contributed by atoms with Crippen molar-refractivity contribution < 1.29 is 28.2 Å². The van der Waals surface area contributed by atoms with Crippen molar-refractivity contribution in [1.29, 1.82) is 0 Å². The highest BCUT2D eigenvalue weighted by Gasteiger charge is 2.33. The lowest BCUT2D eigenvalue weighted by Crippen LogP contribution is -2.44. The monoisotopic (exact) mass is 373 g/mol. The lowest BCUT2D eigenvalue weighted by atomic mass is 9.98. The number of aliphatic hydroxyl groups is 1. The van der Waals surface area contributed by atoms with E-state index in [0.717, 1.165) is 6.07 Å². The van der Waals surface area contributed by atoms with Crippen LogP contribution in [0.15, 0.2) is 29.5 Å². The first-order valence-electron chi connectivity index (χ1n) is 7.72. The molecule has 136 valence electrons. The summed E-state index contributed by atoms with van der Waals surface area (Å²) < 4.78 is 30.8. The van der Waals surface area contributed by atoms with Gasteiger partial charge in [0.05, 0.1) is 18.7 Å². The SMILES string of the molecule is CCOC(=O)C1=C(O)CN(C(=O)c2ccc(Cl)c(C(F)F)c2)[C@H](C)C1. The second-order valence-corrected chi connectivity index (χ2v) is 6.08. The number of rotatable bonds is 4. The first-order chi connectivity index (χ1) is 11.8. The van der Waals surface area contributed by atoms with Gasteiger partial charge in [-0.1, -0.05) is 11.6 Å². The molecule has 0 saturated heterocycles. The van der Waals surface area contributed by atoms with Crippen molar-refractivity contribution in [2.75, 3.05) is 13.2 Å². The van der Waals surface area contributed by atoms with Gasteiger partial charge in [0.1, 0.15) is 5.76 Å². The van der Waals surface area contributed by atoms with Gasteiger partial charge in [-0.05, 0) is 32.0 Å². The van der Waals surface area contributed by atoms with Crippen LogP contribution in [0.5, 0.6) is 0 Å². The molecular weight excluding hydrogens is 356 g/mol. The summed E-state index contributed by atoms with van der Waals surface area (Å²) in [5.41, 5.74) is -0.258. The first-order valence-corrected chi connectivity index (χ1v) is 8.10. The Kier molecular flexibility index (Phi) is 6.00. The van der Waals surface area contributed by atoms with Crippen molar-refractivity contribution in [3.63, 3.8) is 0 Å². The number of hydrogen-bond acceptors (Lipinski definition) is 4. The fourth-order valence-corrected chi connectivity index (χ4v) is 2.84. The van der Waals surface area contributed by atoms with Crippen molar-refractivity contribution in [1.82, 2.24) is 4.90 Å². The Bertz CT molecular complexity index is 721. The van der Waals surface area contributed by atoms with Gasteiger partial charge in [-0.25, -0.2) is 13.6 Å². The van der Waals surface area contributed by atoms with Crippen LogP contribution in [0.1, 0.15) is 42.6 Å².